The number of sulfone groups is 1. The van der Waals surface area contributed by atoms with Crippen LogP contribution in [0.1, 0.15) is 10.4 Å². The van der Waals surface area contributed by atoms with E-state index < -0.39 is 15.7 Å². The van der Waals surface area contributed by atoms with Gasteiger partial charge in [0.05, 0.1) is 10.5 Å². The van der Waals surface area contributed by atoms with Gasteiger partial charge in [-0.2, -0.15) is 0 Å². The van der Waals surface area contributed by atoms with E-state index in [1.54, 1.807) is 30.3 Å². The molecule has 0 radical (unpaired) electrons. The van der Waals surface area contributed by atoms with Crippen molar-refractivity contribution in [1.29, 1.82) is 0 Å². The van der Waals surface area contributed by atoms with Crippen molar-refractivity contribution < 1.29 is 13.2 Å². The molecule has 0 saturated heterocycles. The molecular formula is C14H14N2O3S2. The number of anilines is 1. The summed E-state index contributed by atoms with van der Waals surface area (Å²) < 4.78 is 22.8. The molecule has 21 heavy (non-hydrogen) atoms. The molecule has 0 aliphatic heterocycles. The molecule has 0 heterocycles. The first kappa shape index (κ1) is 15.4. The van der Waals surface area contributed by atoms with Crippen molar-refractivity contribution in [3.63, 3.8) is 0 Å². The van der Waals surface area contributed by atoms with Crippen molar-refractivity contribution in [2.45, 2.75) is 14.7 Å². The smallest absolute Gasteiger partial charge is 0.249 e. The molecule has 7 heteroatoms. The van der Waals surface area contributed by atoms with Gasteiger partial charge in [0.1, 0.15) is 0 Å². The fraction of sp³-hybridized carbons (Fsp3) is 0.0714. The highest BCUT2D eigenvalue weighted by Gasteiger charge is 2.11. The summed E-state index contributed by atoms with van der Waals surface area (Å²) >= 11 is 1.30. The highest BCUT2D eigenvalue weighted by molar-refractivity contribution is 7.99. The van der Waals surface area contributed by atoms with E-state index in [2.05, 4.69) is 0 Å². The summed E-state index contributed by atoms with van der Waals surface area (Å²) in [6.07, 6.45) is 1.15. The third-order valence-electron chi connectivity index (χ3n) is 2.75. The van der Waals surface area contributed by atoms with Crippen LogP contribution in [0.5, 0.6) is 0 Å². The molecule has 0 bridgehead atoms. The van der Waals surface area contributed by atoms with Crippen molar-refractivity contribution in [1.82, 2.24) is 0 Å². The Balaban J connectivity index is 2.34. The van der Waals surface area contributed by atoms with Crippen LogP contribution in [0.2, 0.25) is 0 Å². The van der Waals surface area contributed by atoms with Crippen LogP contribution in [-0.2, 0) is 9.84 Å². The number of carbonyl (C=O) groups is 1. The van der Waals surface area contributed by atoms with Gasteiger partial charge in [-0.15, -0.1) is 0 Å². The zero-order chi connectivity index (χ0) is 15.6. The standard InChI is InChI=1S/C14H14N2O3S2/c1-21(18,19)11-5-3-10(4-6-11)20-13-8-9(15)2-7-12(13)14(16)17/h2-8H,15H2,1H3,(H2,16,17). The van der Waals surface area contributed by atoms with E-state index in [9.17, 15) is 13.2 Å². The summed E-state index contributed by atoms with van der Waals surface area (Å²) in [4.78, 5) is 13.1. The number of primary amides is 1. The lowest BCUT2D eigenvalue weighted by Crippen LogP contribution is -2.12. The van der Waals surface area contributed by atoms with Gasteiger partial charge in [-0.25, -0.2) is 8.42 Å². The molecular weight excluding hydrogens is 308 g/mol. The van der Waals surface area contributed by atoms with Crippen LogP contribution in [-0.4, -0.2) is 20.6 Å². The minimum Gasteiger partial charge on any atom is -0.399 e. The second kappa shape index (κ2) is 5.79. The molecule has 4 N–H and O–H groups in total. The molecule has 2 aromatic rings. The molecule has 0 aliphatic rings. The molecule has 0 spiro atoms. The number of rotatable bonds is 4. The summed E-state index contributed by atoms with van der Waals surface area (Å²) in [7, 11) is -3.22. The summed E-state index contributed by atoms with van der Waals surface area (Å²) in [6.45, 7) is 0. The van der Waals surface area contributed by atoms with E-state index in [0.29, 0.717) is 16.1 Å². The van der Waals surface area contributed by atoms with Crippen molar-refractivity contribution in [3.05, 3.63) is 48.0 Å². The number of nitrogen functional groups attached to an aromatic ring is 1. The van der Waals surface area contributed by atoms with Crippen molar-refractivity contribution in [3.8, 4) is 0 Å². The third-order valence-corrected chi connectivity index (χ3v) is 4.94. The Morgan fingerprint density at radius 2 is 1.71 bits per heavy atom. The van der Waals surface area contributed by atoms with Crippen LogP contribution in [0.4, 0.5) is 5.69 Å². The van der Waals surface area contributed by atoms with E-state index >= 15 is 0 Å². The fourth-order valence-corrected chi connectivity index (χ4v) is 3.34. The number of carbonyl (C=O) groups excluding carboxylic acids is 1. The number of hydrogen-bond donors (Lipinski definition) is 2. The highest BCUT2D eigenvalue weighted by Crippen LogP contribution is 2.32. The Morgan fingerprint density at radius 1 is 1.10 bits per heavy atom. The van der Waals surface area contributed by atoms with Gasteiger partial charge in [0.2, 0.25) is 5.91 Å². The largest absolute Gasteiger partial charge is 0.399 e. The van der Waals surface area contributed by atoms with Gasteiger partial charge in [0.25, 0.3) is 0 Å². The number of amides is 1. The lowest BCUT2D eigenvalue weighted by Gasteiger charge is -2.08. The van der Waals surface area contributed by atoms with E-state index in [0.717, 1.165) is 11.2 Å². The predicted octanol–water partition coefficient (Wildman–Crippen LogP) is 1.92. The fourth-order valence-electron chi connectivity index (χ4n) is 1.71. The summed E-state index contributed by atoms with van der Waals surface area (Å²) in [6, 6.07) is 11.2. The Bertz CT molecular complexity index is 784. The maximum Gasteiger partial charge on any atom is 0.249 e. The van der Waals surface area contributed by atoms with Gasteiger partial charge in [-0.05, 0) is 42.5 Å². The average Bonchev–Trinajstić information content (AvgIpc) is 2.38. The Kier molecular flexibility index (Phi) is 4.24. The van der Waals surface area contributed by atoms with Crippen LogP contribution in [0.25, 0.3) is 0 Å². The lowest BCUT2D eigenvalue weighted by molar-refractivity contribution is 0.0997. The van der Waals surface area contributed by atoms with Crippen molar-refractivity contribution in [2.75, 3.05) is 12.0 Å². The van der Waals surface area contributed by atoms with Gasteiger partial charge >= 0.3 is 0 Å². The monoisotopic (exact) mass is 322 g/mol. The van der Waals surface area contributed by atoms with Gasteiger partial charge in [0.15, 0.2) is 9.84 Å². The van der Waals surface area contributed by atoms with Gasteiger partial charge in [-0.3, -0.25) is 4.79 Å². The molecule has 0 unspecified atom stereocenters. The van der Waals surface area contributed by atoms with Crippen LogP contribution in [0.3, 0.4) is 0 Å². The van der Waals surface area contributed by atoms with E-state index in [1.165, 1.54) is 23.9 Å². The molecule has 1 amide bonds. The van der Waals surface area contributed by atoms with Gasteiger partial charge in [-0.1, -0.05) is 11.8 Å². The van der Waals surface area contributed by atoms with Gasteiger partial charge < -0.3 is 11.5 Å². The Labute approximate surface area is 127 Å². The van der Waals surface area contributed by atoms with Crippen molar-refractivity contribution >= 4 is 33.2 Å². The average molecular weight is 322 g/mol. The zero-order valence-electron chi connectivity index (χ0n) is 11.2. The molecule has 110 valence electrons. The Morgan fingerprint density at radius 3 is 2.24 bits per heavy atom. The van der Waals surface area contributed by atoms with Crippen LogP contribution in [0.15, 0.2) is 57.2 Å². The topological polar surface area (TPSA) is 103 Å². The second-order valence-electron chi connectivity index (χ2n) is 4.47. The van der Waals surface area contributed by atoms with Crippen molar-refractivity contribution in [2.24, 2.45) is 5.73 Å². The molecule has 5 nitrogen and oxygen atoms in total. The SMILES string of the molecule is CS(=O)(=O)c1ccc(Sc2cc(N)ccc2C(N)=O)cc1. The molecule has 0 atom stereocenters. The lowest BCUT2D eigenvalue weighted by atomic mass is 10.2. The molecule has 2 aromatic carbocycles. The maximum absolute atomic E-state index is 11.4. The second-order valence-corrected chi connectivity index (χ2v) is 7.60. The number of hydrogen-bond acceptors (Lipinski definition) is 5. The highest BCUT2D eigenvalue weighted by atomic mass is 32.2. The normalized spacial score (nSPS) is 11.3. The van der Waals surface area contributed by atoms with Crippen LogP contribution >= 0.6 is 11.8 Å². The summed E-state index contributed by atoms with van der Waals surface area (Å²) in [5, 5.41) is 0. The van der Waals surface area contributed by atoms with E-state index in [1.807, 2.05) is 0 Å². The predicted molar refractivity (Wildman–Crippen MR) is 83.0 cm³/mol. The first-order valence-electron chi connectivity index (χ1n) is 5.94. The van der Waals surface area contributed by atoms with E-state index in [-0.39, 0.29) is 4.90 Å². The molecule has 0 aromatic heterocycles. The summed E-state index contributed by atoms with van der Waals surface area (Å²) in [5.74, 6) is -0.537. The maximum atomic E-state index is 11.4. The first-order valence-corrected chi connectivity index (χ1v) is 8.65. The number of benzene rings is 2. The third kappa shape index (κ3) is 3.77. The van der Waals surface area contributed by atoms with Gasteiger partial charge in [0, 0.05) is 21.7 Å². The number of nitrogens with two attached hydrogens (primary N) is 2. The minimum atomic E-state index is -3.22. The van der Waals surface area contributed by atoms with Crippen LogP contribution < -0.4 is 11.5 Å². The molecule has 0 fully saturated rings. The molecule has 2 rings (SSSR count). The summed E-state index contributed by atoms with van der Waals surface area (Å²) in [5.41, 5.74) is 11.9. The molecule has 0 aliphatic carbocycles. The zero-order valence-corrected chi connectivity index (χ0v) is 12.9. The minimum absolute atomic E-state index is 0.245. The van der Waals surface area contributed by atoms with E-state index in [4.69, 9.17) is 11.5 Å². The molecule has 0 saturated carbocycles. The Hall–Kier alpha value is -1.99. The van der Waals surface area contributed by atoms with Crippen LogP contribution in [0, 0.1) is 0 Å². The first-order chi connectivity index (χ1) is 9.77. The quantitative estimate of drug-likeness (QED) is 0.837.